The summed E-state index contributed by atoms with van der Waals surface area (Å²) in [6.07, 6.45) is 10.2. The van der Waals surface area contributed by atoms with E-state index >= 15 is 0 Å². The van der Waals surface area contributed by atoms with Crippen LogP contribution >= 0.6 is 0 Å². The fourth-order valence-electron chi connectivity index (χ4n) is 7.80. The molecular weight excluding hydrogens is 580 g/mol. The maximum Gasteiger partial charge on any atom is 0.338 e. The normalized spacial score (nSPS) is 12.7. The molecule has 2 aliphatic rings. The van der Waals surface area contributed by atoms with Gasteiger partial charge in [-0.05, 0) is 99.8 Å². The molecule has 0 atom stereocenters. The summed E-state index contributed by atoms with van der Waals surface area (Å²) in [6, 6.07) is 4.30. The predicted molar refractivity (Wildman–Crippen MR) is 198 cm³/mol. The number of aryl methyl sites for hydroxylation is 7. The Hall–Kier alpha value is -4.19. The van der Waals surface area contributed by atoms with Crippen molar-refractivity contribution in [1.29, 1.82) is 0 Å². The Labute approximate surface area is 280 Å². The maximum atomic E-state index is 13.4. The number of aromatic amines is 1. The molecule has 8 bridgehead atoms. The molecule has 47 heavy (non-hydrogen) atoms. The molecule has 0 fully saturated rings. The first-order valence-corrected chi connectivity index (χ1v) is 17.9. The molecular formula is C41H52N4O2. The van der Waals surface area contributed by atoms with Crippen molar-refractivity contribution in [2.75, 3.05) is 6.61 Å². The van der Waals surface area contributed by atoms with Gasteiger partial charge < -0.3 is 14.3 Å². The highest BCUT2D eigenvalue weighted by molar-refractivity contribution is 6.14. The van der Waals surface area contributed by atoms with E-state index in [1.54, 1.807) is 0 Å². The van der Waals surface area contributed by atoms with Gasteiger partial charge in [-0.2, -0.15) is 0 Å². The van der Waals surface area contributed by atoms with Crippen LogP contribution in [0.3, 0.4) is 0 Å². The van der Waals surface area contributed by atoms with Crippen molar-refractivity contribution in [3.8, 4) is 0 Å². The summed E-state index contributed by atoms with van der Waals surface area (Å²) in [5.74, 6) is -0.391. The van der Waals surface area contributed by atoms with Crippen molar-refractivity contribution < 1.29 is 9.53 Å². The Balaban J connectivity index is 2.17. The molecule has 0 saturated carbocycles. The van der Waals surface area contributed by atoms with Crippen LogP contribution < -0.4 is 0 Å². The third kappa shape index (κ3) is 5.60. The summed E-state index contributed by atoms with van der Waals surface area (Å²) in [5.41, 5.74) is 18.2. The smallest absolute Gasteiger partial charge is 0.338 e. The van der Waals surface area contributed by atoms with E-state index in [4.69, 9.17) is 14.7 Å². The minimum absolute atomic E-state index is 0.294. The molecule has 6 nitrogen and oxygen atoms in total. The largest absolute Gasteiger partial charge is 0.462 e. The Morgan fingerprint density at radius 1 is 0.681 bits per heavy atom. The molecule has 0 aliphatic carbocycles. The van der Waals surface area contributed by atoms with Crippen LogP contribution in [0.4, 0.5) is 0 Å². The molecule has 0 aromatic carbocycles. The number of carbonyl (C=O) groups is 1. The summed E-state index contributed by atoms with van der Waals surface area (Å²) in [7, 11) is 0. The number of nitrogens with one attached hydrogen (secondary N) is 1. The van der Waals surface area contributed by atoms with E-state index in [1.807, 2.05) is 6.92 Å². The first-order chi connectivity index (χ1) is 22.8. The van der Waals surface area contributed by atoms with Crippen LogP contribution in [0.2, 0.25) is 0 Å². The number of hydrogen-bond donors (Lipinski definition) is 1. The lowest BCUT2D eigenvalue weighted by Gasteiger charge is -2.13. The predicted octanol–water partition coefficient (Wildman–Crippen LogP) is 9.79. The topological polar surface area (TPSA) is 72.8 Å². The van der Waals surface area contributed by atoms with Gasteiger partial charge in [-0.15, -0.1) is 0 Å². The lowest BCUT2D eigenvalue weighted by atomic mass is 9.91. The van der Waals surface area contributed by atoms with Crippen molar-refractivity contribution in [2.45, 2.75) is 114 Å². The molecule has 0 saturated heterocycles. The third-order valence-corrected chi connectivity index (χ3v) is 9.88. The quantitative estimate of drug-likeness (QED) is 0.132. The number of fused-ring (bicyclic) bond motifs is 8. The SMILES string of the molecule is C=C(C(=O)OCC)C1=C(CC)c2nc1c(CC)c1ccc([nH]1)c(CC)c1nc(c(CC)c3c(CC)c(CC)c(c2CC)n3CC)C=C1. The zero-order valence-electron chi connectivity index (χ0n) is 30.0. The van der Waals surface area contributed by atoms with E-state index in [0.29, 0.717) is 18.6 Å². The maximum absolute atomic E-state index is 13.4. The Bertz CT molecular complexity index is 1960. The second-order valence-electron chi connectivity index (χ2n) is 12.2. The fourth-order valence-corrected chi connectivity index (χ4v) is 7.80. The summed E-state index contributed by atoms with van der Waals surface area (Å²) in [5, 5.41) is 0. The fraction of sp³-hybridized carbons (Fsp3) is 0.439. The van der Waals surface area contributed by atoms with Gasteiger partial charge in [0.25, 0.3) is 0 Å². The van der Waals surface area contributed by atoms with Crippen LogP contribution in [0, 0.1) is 0 Å². The minimum Gasteiger partial charge on any atom is -0.462 e. The standard InChI is InChI=1S/C41H52N4O2/c1-11-25-26(12-2)40-31(17-7)37-30(16-6)36(24(10)41(46)47-19-9)38(44-37)28(14-4)34-22-20-32(42-34)27(13-3)33-21-23-35(43-33)29(15-5)39(25)45(40)18-8/h20-23,42H,10-19H2,1-9H3. The molecule has 0 unspecified atom stereocenters. The zero-order chi connectivity index (χ0) is 34.0. The van der Waals surface area contributed by atoms with E-state index in [2.05, 4.69) is 95.8 Å². The average molecular weight is 633 g/mol. The summed E-state index contributed by atoms with van der Waals surface area (Å²) >= 11 is 0. The Morgan fingerprint density at radius 2 is 1.21 bits per heavy atom. The number of hydrogen-bond acceptors (Lipinski definition) is 4. The highest BCUT2D eigenvalue weighted by Gasteiger charge is 2.30. The van der Waals surface area contributed by atoms with Crippen LogP contribution in [0.15, 0.2) is 24.3 Å². The molecule has 2 aliphatic heterocycles. The zero-order valence-corrected chi connectivity index (χ0v) is 30.0. The highest BCUT2D eigenvalue weighted by Crippen LogP contribution is 2.43. The summed E-state index contributed by atoms with van der Waals surface area (Å²) in [4.78, 5) is 28.0. The third-order valence-electron chi connectivity index (χ3n) is 9.88. The van der Waals surface area contributed by atoms with Crippen molar-refractivity contribution in [1.82, 2.24) is 19.5 Å². The lowest BCUT2D eigenvalue weighted by Crippen LogP contribution is -2.09. The minimum atomic E-state index is -0.391. The second-order valence-corrected chi connectivity index (χ2v) is 12.2. The van der Waals surface area contributed by atoms with Crippen molar-refractivity contribution in [3.63, 3.8) is 0 Å². The number of nitrogens with zero attached hydrogens (tertiary/aromatic N) is 3. The molecule has 3 aromatic rings. The van der Waals surface area contributed by atoms with Crippen molar-refractivity contribution in [2.24, 2.45) is 0 Å². The van der Waals surface area contributed by atoms with Gasteiger partial charge in [0.15, 0.2) is 0 Å². The van der Waals surface area contributed by atoms with Gasteiger partial charge in [0, 0.05) is 45.4 Å². The van der Waals surface area contributed by atoms with Crippen molar-refractivity contribution in [3.05, 3.63) is 80.4 Å². The second kappa shape index (κ2) is 14.3. The Morgan fingerprint density at radius 3 is 1.72 bits per heavy atom. The van der Waals surface area contributed by atoms with E-state index in [9.17, 15) is 4.79 Å². The number of esters is 1. The van der Waals surface area contributed by atoms with E-state index < -0.39 is 5.97 Å². The van der Waals surface area contributed by atoms with Crippen molar-refractivity contribution >= 4 is 51.3 Å². The van der Waals surface area contributed by atoms with Crippen LogP contribution in [-0.2, 0) is 54.6 Å². The molecule has 0 radical (unpaired) electrons. The van der Waals surface area contributed by atoms with Gasteiger partial charge in [0.2, 0.25) is 0 Å². The number of carbonyl (C=O) groups excluding carboxylic acids is 1. The molecule has 248 valence electrons. The number of rotatable bonds is 11. The summed E-state index contributed by atoms with van der Waals surface area (Å²) in [6.45, 7) is 25.1. The van der Waals surface area contributed by atoms with Gasteiger partial charge in [-0.25, -0.2) is 14.8 Å². The van der Waals surface area contributed by atoms with Crippen LogP contribution in [-0.4, -0.2) is 32.1 Å². The summed E-state index contributed by atoms with van der Waals surface area (Å²) < 4.78 is 8.07. The van der Waals surface area contributed by atoms with Crippen LogP contribution in [0.5, 0.6) is 0 Å². The molecule has 3 aromatic heterocycles. The molecule has 1 N–H and O–H groups in total. The number of H-pyrrole nitrogens is 1. The van der Waals surface area contributed by atoms with Gasteiger partial charge >= 0.3 is 5.97 Å². The van der Waals surface area contributed by atoms with E-state index in [-0.39, 0.29) is 0 Å². The molecule has 0 amide bonds. The lowest BCUT2D eigenvalue weighted by molar-refractivity contribution is -0.137. The monoisotopic (exact) mass is 632 g/mol. The molecule has 0 spiro atoms. The molecule has 5 rings (SSSR count). The first-order valence-electron chi connectivity index (χ1n) is 17.9. The highest BCUT2D eigenvalue weighted by atomic mass is 16.5. The van der Waals surface area contributed by atoms with Crippen LogP contribution in [0.1, 0.15) is 125 Å². The van der Waals surface area contributed by atoms with Gasteiger partial charge in [-0.3, -0.25) is 0 Å². The van der Waals surface area contributed by atoms with Crippen LogP contribution in [0.25, 0.3) is 45.4 Å². The van der Waals surface area contributed by atoms with E-state index in [0.717, 1.165) is 95.6 Å². The average Bonchev–Trinajstić information content (AvgIpc) is 3.88. The number of aromatic nitrogens is 4. The molecule has 6 heteroatoms. The first kappa shape index (κ1) is 34.2. The number of allylic oxidation sites excluding steroid dienone is 1. The Kier molecular flexibility index (Phi) is 10.4. The van der Waals surface area contributed by atoms with Gasteiger partial charge in [-0.1, -0.05) is 55.0 Å². The number of ether oxygens (including phenoxy) is 1. The van der Waals surface area contributed by atoms with E-state index in [1.165, 1.54) is 38.9 Å². The van der Waals surface area contributed by atoms with Gasteiger partial charge in [0.05, 0.1) is 46.0 Å². The van der Waals surface area contributed by atoms with Gasteiger partial charge in [0.1, 0.15) is 0 Å². The molecule has 5 heterocycles.